The van der Waals surface area contributed by atoms with Crippen LogP contribution in [0, 0.1) is 17.8 Å². The van der Waals surface area contributed by atoms with Crippen molar-refractivity contribution in [2.24, 2.45) is 11.8 Å². The van der Waals surface area contributed by atoms with E-state index < -0.39 is 29.7 Å². The zero-order valence-corrected chi connectivity index (χ0v) is 12.4. The van der Waals surface area contributed by atoms with Gasteiger partial charge in [-0.15, -0.1) is 0 Å². The minimum atomic E-state index is -2.59. The maximum Gasteiger partial charge on any atom is 0.338 e. The number of rotatable bonds is 4. The van der Waals surface area contributed by atoms with Gasteiger partial charge in [0, 0.05) is 24.8 Å². The molecule has 3 heterocycles. The molecule has 0 radical (unpaired) electrons. The Morgan fingerprint density at radius 2 is 2.04 bits per heavy atom. The molecule has 1 saturated heterocycles. The highest BCUT2D eigenvalue weighted by Gasteiger charge is 2.71. The van der Waals surface area contributed by atoms with Crippen molar-refractivity contribution in [3.05, 3.63) is 41.6 Å². The molecule has 2 fully saturated rings. The second-order valence-electron chi connectivity index (χ2n) is 6.14. The summed E-state index contributed by atoms with van der Waals surface area (Å²) in [6, 6.07) is 3.10. The minimum absolute atomic E-state index is 0.0113. The standard InChI is InChI=1S/C15H13F3N4O2/c16-13-8(4-22-5-9(3-19-22)14(23)24)1-2-12(20-13)21-6-10-11(7-21)15(10,17)18/h1-3,5,10-11H,4,6-7H2,(H,23,24). The lowest BCUT2D eigenvalue weighted by atomic mass is 10.2. The van der Waals surface area contributed by atoms with E-state index in [4.69, 9.17) is 5.11 Å². The number of pyridine rings is 1. The molecule has 126 valence electrons. The van der Waals surface area contributed by atoms with Crippen molar-refractivity contribution in [1.29, 1.82) is 0 Å². The van der Waals surface area contributed by atoms with Crippen LogP contribution in [0.1, 0.15) is 15.9 Å². The normalized spacial score (nSPS) is 24.0. The summed E-state index contributed by atoms with van der Waals surface area (Å²) in [4.78, 5) is 16.3. The van der Waals surface area contributed by atoms with Crippen LogP contribution in [-0.4, -0.2) is 44.9 Å². The fraction of sp³-hybridized carbons (Fsp3) is 0.400. The zero-order chi connectivity index (χ0) is 17.1. The highest BCUT2D eigenvalue weighted by molar-refractivity contribution is 5.86. The maximum absolute atomic E-state index is 14.2. The highest BCUT2D eigenvalue weighted by Crippen LogP contribution is 2.59. The molecule has 0 amide bonds. The van der Waals surface area contributed by atoms with E-state index in [1.807, 2.05) is 0 Å². The summed E-state index contributed by atoms with van der Waals surface area (Å²) in [5.41, 5.74) is 0.255. The van der Waals surface area contributed by atoms with Gasteiger partial charge in [0.25, 0.3) is 5.92 Å². The van der Waals surface area contributed by atoms with Crippen molar-refractivity contribution < 1.29 is 23.1 Å². The van der Waals surface area contributed by atoms with Crippen LogP contribution in [0.3, 0.4) is 0 Å². The lowest BCUT2D eigenvalue weighted by molar-refractivity contribution is 0.0696. The number of nitrogens with zero attached hydrogens (tertiary/aromatic N) is 4. The summed E-state index contributed by atoms with van der Waals surface area (Å²) in [5, 5.41) is 12.7. The molecule has 2 unspecified atom stereocenters. The molecule has 1 aliphatic heterocycles. The number of aromatic carboxylic acids is 1. The Morgan fingerprint density at radius 3 is 2.62 bits per heavy atom. The Morgan fingerprint density at radius 1 is 1.33 bits per heavy atom. The quantitative estimate of drug-likeness (QED) is 0.862. The summed E-state index contributed by atoms with van der Waals surface area (Å²) in [5.74, 6) is -5.38. The number of piperidine rings is 1. The second kappa shape index (κ2) is 4.96. The summed E-state index contributed by atoms with van der Waals surface area (Å²) in [6.07, 6.45) is 2.48. The monoisotopic (exact) mass is 338 g/mol. The number of halogens is 3. The number of fused-ring (bicyclic) bond motifs is 1. The van der Waals surface area contributed by atoms with Crippen LogP contribution >= 0.6 is 0 Å². The lowest BCUT2D eigenvalue weighted by Crippen LogP contribution is -2.28. The van der Waals surface area contributed by atoms with E-state index in [2.05, 4.69) is 10.1 Å². The van der Waals surface area contributed by atoms with Crippen LogP contribution in [0.2, 0.25) is 0 Å². The number of hydrogen-bond acceptors (Lipinski definition) is 4. The van der Waals surface area contributed by atoms with E-state index in [1.54, 1.807) is 11.0 Å². The molecule has 0 spiro atoms. The van der Waals surface area contributed by atoms with Crippen molar-refractivity contribution in [3.8, 4) is 0 Å². The first-order valence-corrected chi connectivity index (χ1v) is 7.40. The van der Waals surface area contributed by atoms with E-state index in [-0.39, 0.29) is 30.8 Å². The van der Waals surface area contributed by atoms with E-state index >= 15 is 0 Å². The molecule has 0 bridgehead atoms. The smallest absolute Gasteiger partial charge is 0.338 e. The van der Waals surface area contributed by atoms with Gasteiger partial charge in [-0.2, -0.15) is 9.49 Å². The summed E-state index contributed by atoms with van der Waals surface area (Å²) in [7, 11) is 0. The van der Waals surface area contributed by atoms with E-state index in [0.717, 1.165) is 0 Å². The minimum Gasteiger partial charge on any atom is -0.478 e. The van der Waals surface area contributed by atoms with Gasteiger partial charge < -0.3 is 10.0 Å². The van der Waals surface area contributed by atoms with Gasteiger partial charge in [-0.25, -0.2) is 18.6 Å². The second-order valence-corrected chi connectivity index (χ2v) is 6.14. The van der Waals surface area contributed by atoms with Gasteiger partial charge in [0.15, 0.2) is 0 Å². The van der Waals surface area contributed by atoms with Gasteiger partial charge in [-0.1, -0.05) is 0 Å². The van der Waals surface area contributed by atoms with Gasteiger partial charge in [0.05, 0.1) is 30.1 Å². The number of hydrogen-bond donors (Lipinski definition) is 1. The van der Waals surface area contributed by atoms with Crippen LogP contribution in [-0.2, 0) is 6.54 Å². The third-order valence-corrected chi connectivity index (χ3v) is 4.65. The average molecular weight is 338 g/mol. The fourth-order valence-corrected chi connectivity index (χ4v) is 3.18. The van der Waals surface area contributed by atoms with Crippen molar-refractivity contribution in [2.45, 2.75) is 12.5 Å². The Balaban J connectivity index is 1.47. The average Bonchev–Trinajstić information content (AvgIpc) is 3.00. The molecule has 1 N–H and O–H groups in total. The number of alkyl halides is 2. The molecule has 2 aliphatic rings. The predicted octanol–water partition coefficient (Wildman–Crippen LogP) is 1.86. The van der Waals surface area contributed by atoms with E-state index in [1.165, 1.54) is 23.1 Å². The Kier molecular flexibility index (Phi) is 3.09. The third kappa shape index (κ3) is 2.31. The van der Waals surface area contributed by atoms with Crippen LogP contribution in [0.25, 0.3) is 0 Å². The van der Waals surface area contributed by atoms with Gasteiger partial charge in [-0.3, -0.25) is 4.68 Å². The van der Waals surface area contributed by atoms with Gasteiger partial charge in [0.2, 0.25) is 5.95 Å². The maximum atomic E-state index is 14.2. The number of carboxylic acids is 1. The first-order valence-electron chi connectivity index (χ1n) is 7.40. The summed E-state index contributed by atoms with van der Waals surface area (Å²) < 4.78 is 41.9. The number of anilines is 1. The molecule has 2 aromatic rings. The Labute approximate surface area is 134 Å². The van der Waals surface area contributed by atoms with Crippen molar-refractivity contribution >= 4 is 11.8 Å². The fourth-order valence-electron chi connectivity index (χ4n) is 3.18. The van der Waals surface area contributed by atoms with Crippen molar-refractivity contribution in [3.63, 3.8) is 0 Å². The number of carbonyl (C=O) groups is 1. The van der Waals surface area contributed by atoms with Crippen molar-refractivity contribution in [1.82, 2.24) is 14.8 Å². The molecular formula is C15H13F3N4O2. The van der Waals surface area contributed by atoms with E-state index in [0.29, 0.717) is 5.82 Å². The topological polar surface area (TPSA) is 71.2 Å². The van der Waals surface area contributed by atoms with Crippen LogP contribution in [0.5, 0.6) is 0 Å². The van der Waals surface area contributed by atoms with Crippen LogP contribution < -0.4 is 4.90 Å². The van der Waals surface area contributed by atoms with Gasteiger partial charge >= 0.3 is 5.97 Å². The summed E-state index contributed by atoms with van der Waals surface area (Å²) >= 11 is 0. The van der Waals surface area contributed by atoms with Crippen LogP contribution in [0.4, 0.5) is 19.0 Å². The molecule has 1 aliphatic carbocycles. The molecule has 2 aromatic heterocycles. The van der Waals surface area contributed by atoms with E-state index in [9.17, 15) is 18.0 Å². The first kappa shape index (κ1) is 15.0. The Hall–Kier alpha value is -2.58. The zero-order valence-electron chi connectivity index (χ0n) is 12.4. The summed E-state index contributed by atoms with van der Waals surface area (Å²) in [6.45, 7) is 0.408. The number of carboxylic acid groups (broad SMARTS) is 1. The van der Waals surface area contributed by atoms with Gasteiger partial charge in [-0.05, 0) is 12.1 Å². The largest absolute Gasteiger partial charge is 0.478 e. The molecule has 6 nitrogen and oxygen atoms in total. The van der Waals surface area contributed by atoms with Gasteiger partial charge in [0.1, 0.15) is 5.82 Å². The first-order chi connectivity index (χ1) is 11.4. The Bertz CT molecular complexity index is 809. The number of aromatic nitrogens is 3. The third-order valence-electron chi connectivity index (χ3n) is 4.65. The van der Waals surface area contributed by atoms with Crippen LogP contribution in [0.15, 0.2) is 24.5 Å². The molecular weight excluding hydrogens is 325 g/mol. The molecule has 0 aromatic carbocycles. The van der Waals surface area contributed by atoms with Crippen molar-refractivity contribution in [2.75, 3.05) is 18.0 Å². The molecule has 24 heavy (non-hydrogen) atoms. The lowest BCUT2D eigenvalue weighted by Gasteiger charge is -2.21. The highest BCUT2D eigenvalue weighted by atomic mass is 19.3. The molecule has 9 heteroatoms. The molecule has 1 saturated carbocycles. The SMILES string of the molecule is O=C(O)c1cnn(Cc2ccc(N3CC4C(C3)C4(F)F)nc2F)c1. The predicted molar refractivity (Wildman–Crippen MR) is 76.6 cm³/mol. The molecule has 4 rings (SSSR count). The molecule has 2 atom stereocenters.